The molecule has 8 nitrogen and oxygen atoms in total. The minimum Gasteiger partial charge on any atom is -0.354 e. The maximum absolute atomic E-state index is 13.9. The number of pyridine rings is 2. The number of likely N-dealkylation sites (N-methyl/N-ethyl adjacent to an activating group) is 1. The number of benzene rings is 1. The molecule has 0 bridgehead atoms. The van der Waals surface area contributed by atoms with Crippen molar-refractivity contribution in [2.24, 2.45) is 0 Å². The lowest BCUT2D eigenvalue weighted by atomic mass is 9.99. The summed E-state index contributed by atoms with van der Waals surface area (Å²) in [7, 11) is 2.15. The number of aromatic nitrogens is 3. The van der Waals surface area contributed by atoms with Crippen molar-refractivity contribution < 1.29 is 4.79 Å². The average molecular weight is 597 g/mol. The number of hydrogen-bond acceptors (Lipinski definition) is 6. The van der Waals surface area contributed by atoms with Crippen molar-refractivity contribution in [2.45, 2.75) is 51.3 Å². The Kier molecular flexibility index (Phi) is 7.96. The van der Waals surface area contributed by atoms with Crippen molar-refractivity contribution in [2.75, 3.05) is 38.1 Å². The number of H-pyrrole nitrogens is 1. The second kappa shape index (κ2) is 11.7. The van der Waals surface area contributed by atoms with E-state index in [9.17, 15) is 9.59 Å². The van der Waals surface area contributed by atoms with Crippen LogP contribution in [0.5, 0.6) is 0 Å². The summed E-state index contributed by atoms with van der Waals surface area (Å²) >= 11 is 1.84. The van der Waals surface area contributed by atoms with Crippen LogP contribution in [0.4, 0.5) is 5.82 Å². The zero-order valence-electron chi connectivity index (χ0n) is 25.5. The first-order chi connectivity index (χ1) is 20.7. The number of allylic oxidation sites excluding steroid dienone is 1. The first-order valence-corrected chi connectivity index (χ1v) is 15.8. The first kappa shape index (κ1) is 29.3. The number of aryl methyl sites for hydroxylation is 3. The third-order valence-corrected chi connectivity index (χ3v) is 10.2. The van der Waals surface area contributed by atoms with Crippen molar-refractivity contribution in [1.82, 2.24) is 24.2 Å². The second-order valence-electron chi connectivity index (χ2n) is 12.1. The van der Waals surface area contributed by atoms with Gasteiger partial charge in [0.15, 0.2) is 0 Å². The van der Waals surface area contributed by atoms with Gasteiger partial charge in [0.1, 0.15) is 5.82 Å². The summed E-state index contributed by atoms with van der Waals surface area (Å²) in [5.41, 5.74) is 6.62. The highest BCUT2D eigenvalue weighted by Crippen LogP contribution is 2.53. The van der Waals surface area contributed by atoms with Crippen LogP contribution in [-0.2, 0) is 6.54 Å². The molecule has 1 aliphatic carbocycles. The summed E-state index contributed by atoms with van der Waals surface area (Å²) in [6.07, 6.45) is 9.31. The molecule has 0 radical (unpaired) electrons. The number of anilines is 1. The summed E-state index contributed by atoms with van der Waals surface area (Å²) in [5, 5.41) is 3.98. The Morgan fingerprint density at radius 2 is 1.86 bits per heavy atom. The molecule has 1 saturated carbocycles. The van der Waals surface area contributed by atoms with Crippen LogP contribution >= 0.6 is 11.9 Å². The molecular formula is C34H40N6O2S. The molecule has 2 N–H and O–H groups in total. The molecule has 1 aromatic carbocycles. The van der Waals surface area contributed by atoms with E-state index in [4.69, 9.17) is 4.98 Å². The fraction of sp³-hybridized carbons (Fsp3) is 0.382. The van der Waals surface area contributed by atoms with Gasteiger partial charge in [-0.1, -0.05) is 6.08 Å². The third-order valence-electron chi connectivity index (χ3n) is 8.75. The number of nitrogens with one attached hydrogen (secondary N) is 2. The number of piperazine rings is 1. The van der Waals surface area contributed by atoms with Gasteiger partial charge in [0, 0.05) is 77.6 Å². The highest BCUT2D eigenvalue weighted by molar-refractivity contribution is 7.99. The predicted molar refractivity (Wildman–Crippen MR) is 177 cm³/mol. The van der Waals surface area contributed by atoms with Crippen LogP contribution in [0.2, 0.25) is 0 Å². The van der Waals surface area contributed by atoms with E-state index in [2.05, 4.69) is 69.0 Å². The van der Waals surface area contributed by atoms with Crippen molar-refractivity contribution >= 4 is 34.6 Å². The lowest BCUT2D eigenvalue weighted by Gasteiger charge is -2.33. The Labute approximate surface area is 257 Å². The molecule has 1 aliphatic heterocycles. The number of aromatic amines is 1. The van der Waals surface area contributed by atoms with Crippen LogP contribution in [0.25, 0.3) is 22.0 Å². The molecule has 0 spiro atoms. The number of hydrogen-bond donors (Lipinski definition) is 2. The van der Waals surface area contributed by atoms with E-state index >= 15 is 0 Å². The Morgan fingerprint density at radius 1 is 1.09 bits per heavy atom. The van der Waals surface area contributed by atoms with E-state index < -0.39 is 0 Å². The normalized spacial score (nSPS) is 16.4. The number of carbonyl (C=O) groups excluding carboxylic acids is 1. The van der Waals surface area contributed by atoms with Crippen LogP contribution in [0.15, 0.2) is 60.2 Å². The van der Waals surface area contributed by atoms with Gasteiger partial charge in [0.2, 0.25) is 0 Å². The van der Waals surface area contributed by atoms with Crippen molar-refractivity contribution in [3.63, 3.8) is 0 Å². The zero-order valence-corrected chi connectivity index (χ0v) is 26.3. The van der Waals surface area contributed by atoms with Gasteiger partial charge in [-0.05, 0) is 106 Å². The molecule has 3 aromatic heterocycles. The van der Waals surface area contributed by atoms with E-state index in [1.54, 1.807) is 0 Å². The number of nitrogens with zero attached hydrogens (tertiary/aromatic N) is 4. The topological polar surface area (TPSA) is 86.3 Å². The first-order valence-electron chi connectivity index (χ1n) is 15.0. The molecule has 9 heteroatoms. The summed E-state index contributed by atoms with van der Waals surface area (Å²) in [5.74, 6) is 0.774. The smallest absolute Gasteiger partial charge is 0.253 e. The lowest BCUT2D eigenvalue weighted by Crippen LogP contribution is -2.44. The third kappa shape index (κ3) is 6.01. The largest absolute Gasteiger partial charge is 0.354 e. The van der Waals surface area contributed by atoms with Crippen molar-refractivity contribution in [3.05, 3.63) is 93.7 Å². The number of carbonyl (C=O) groups is 1. The molecule has 2 fully saturated rings. The summed E-state index contributed by atoms with van der Waals surface area (Å²) in [6, 6.07) is 10.3. The average Bonchev–Trinajstić information content (AvgIpc) is 3.67. The molecule has 224 valence electrons. The standard InChI is InChI=1S/C34H40N6O2S/c1-6-9-34(10-11-34)43-40-21-23(3)31-27(32(41)36-20-28-22(2)16-24(4)37-33(28)42)17-26(18-29(31)40)25-7-8-30(35-19-25)39-14-12-38(5)13-15-39/h6-8,16-19,21H,1,9-15,20H2,2-5H3,(H,36,41)(H,37,42). The minimum absolute atomic E-state index is 0.157. The molecule has 6 rings (SSSR count). The molecule has 4 aromatic rings. The fourth-order valence-corrected chi connectivity index (χ4v) is 7.38. The van der Waals surface area contributed by atoms with E-state index in [0.717, 1.165) is 90.1 Å². The molecule has 43 heavy (non-hydrogen) atoms. The summed E-state index contributed by atoms with van der Waals surface area (Å²) < 4.78 is 2.40. The van der Waals surface area contributed by atoms with E-state index in [-0.39, 0.29) is 22.8 Å². The minimum atomic E-state index is -0.202. The van der Waals surface area contributed by atoms with Gasteiger partial charge in [0.25, 0.3) is 11.5 Å². The summed E-state index contributed by atoms with van der Waals surface area (Å²) in [4.78, 5) is 38.8. The Bertz CT molecular complexity index is 1740. The van der Waals surface area contributed by atoms with Crippen LogP contribution in [0.1, 0.15) is 52.0 Å². The molecule has 1 saturated heterocycles. The molecule has 0 unspecified atom stereocenters. The molecular weight excluding hydrogens is 556 g/mol. The maximum atomic E-state index is 13.9. The SMILES string of the molecule is C=CCC1(Sn2cc(C)c3c(C(=O)NCc4c(C)cc(C)[nH]c4=O)cc(-c4ccc(N5CCN(C)CC5)nc4)cc32)CC1. The number of amides is 1. The molecule has 2 aliphatic rings. The van der Waals surface area contributed by atoms with Crippen molar-refractivity contribution in [3.8, 4) is 11.1 Å². The highest BCUT2D eigenvalue weighted by atomic mass is 32.2. The lowest BCUT2D eigenvalue weighted by molar-refractivity contribution is 0.0952. The van der Waals surface area contributed by atoms with Gasteiger partial charge in [-0.2, -0.15) is 0 Å². The second-order valence-corrected chi connectivity index (χ2v) is 13.6. The van der Waals surface area contributed by atoms with Gasteiger partial charge in [-0.3, -0.25) is 13.6 Å². The van der Waals surface area contributed by atoms with Gasteiger partial charge in [-0.25, -0.2) is 4.98 Å². The maximum Gasteiger partial charge on any atom is 0.253 e. The number of rotatable bonds is 9. The Balaban J connectivity index is 1.37. The van der Waals surface area contributed by atoms with E-state index in [1.807, 2.05) is 50.2 Å². The molecule has 1 amide bonds. The van der Waals surface area contributed by atoms with Crippen LogP contribution in [-0.4, -0.2) is 62.7 Å². The zero-order chi connectivity index (χ0) is 30.3. The van der Waals surface area contributed by atoms with Gasteiger partial charge in [-0.15, -0.1) is 6.58 Å². The monoisotopic (exact) mass is 596 g/mol. The molecule has 4 heterocycles. The van der Waals surface area contributed by atoms with Gasteiger partial charge < -0.3 is 20.1 Å². The Morgan fingerprint density at radius 3 is 2.51 bits per heavy atom. The van der Waals surface area contributed by atoms with E-state index in [0.29, 0.717) is 11.1 Å². The van der Waals surface area contributed by atoms with Crippen molar-refractivity contribution in [1.29, 1.82) is 0 Å². The van der Waals surface area contributed by atoms with Crippen LogP contribution < -0.4 is 15.8 Å². The van der Waals surface area contributed by atoms with Crippen LogP contribution in [0.3, 0.4) is 0 Å². The van der Waals surface area contributed by atoms with Gasteiger partial charge >= 0.3 is 0 Å². The number of fused-ring (bicyclic) bond motifs is 1. The van der Waals surface area contributed by atoms with Crippen LogP contribution in [0, 0.1) is 20.8 Å². The quantitative estimate of drug-likeness (QED) is 0.245. The fourth-order valence-electron chi connectivity index (χ4n) is 6.03. The summed E-state index contributed by atoms with van der Waals surface area (Å²) in [6.45, 7) is 13.9. The predicted octanol–water partition coefficient (Wildman–Crippen LogP) is 5.60. The molecule has 0 atom stereocenters. The van der Waals surface area contributed by atoms with E-state index in [1.165, 1.54) is 0 Å². The Hall–Kier alpha value is -3.82. The van der Waals surface area contributed by atoms with Gasteiger partial charge in [0.05, 0.1) is 5.52 Å². The highest BCUT2D eigenvalue weighted by Gasteiger charge is 2.43.